The van der Waals surface area contributed by atoms with Crippen molar-refractivity contribution >= 4 is 15.9 Å². The molecule has 1 N–H and O–H groups in total. The summed E-state index contributed by atoms with van der Waals surface area (Å²) in [5.41, 5.74) is 1.29. The minimum absolute atomic E-state index is 0.182. The minimum atomic E-state index is -0.182. The molecular formula is C12H17BrO. The predicted molar refractivity (Wildman–Crippen MR) is 63.3 cm³/mol. The lowest BCUT2D eigenvalue weighted by atomic mass is 9.95. The Labute approximate surface area is 94.3 Å². The molecule has 0 aliphatic carbocycles. The SMILES string of the molecule is CCC(O)C(C)Cc1ccc(Br)cc1. The van der Waals surface area contributed by atoms with Crippen molar-refractivity contribution in [1.82, 2.24) is 0 Å². The van der Waals surface area contributed by atoms with Crippen molar-refractivity contribution in [2.24, 2.45) is 5.92 Å². The Bertz CT molecular complexity index is 268. The van der Waals surface area contributed by atoms with Gasteiger partial charge in [-0.25, -0.2) is 0 Å². The molecule has 1 rings (SSSR count). The van der Waals surface area contributed by atoms with Crippen molar-refractivity contribution in [3.63, 3.8) is 0 Å². The third kappa shape index (κ3) is 3.43. The van der Waals surface area contributed by atoms with Crippen LogP contribution in [0.25, 0.3) is 0 Å². The van der Waals surface area contributed by atoms with Gasteiger partial charge in [-0.05, 0) is 36.5 Å². The number of hydrogen-bond acceptors (Lipinski definition) is 1. The second kappa shape index (κ2) is 5.52. The molecule has 0 spiro atoms. The summed E-state index contributed by atoms with van der Waals surface area (Å²) < 4.78 is 1.10. The van der Waals surface area contributed by atoms with Gasteiger partial charge < -0.3 is 5.11 Å². The van der Waals surface area contributed by atoms with Crippen LogP contribution in [0.3, 0.4) is 0 Å². The molecule has 0 bridgehead atoms. The van der Waals surface area contributed by atoms with E-state index < -0.39 is 0 Å². The maximum atomic E-state index is 9.63. The molecule has 0 saturated carbocycles. The first-order valence-corrected chi connectivity index (χ1v) is 5.85. The summed E-state index contributed by atoms with van der Waals surface area (Å²) in [7, 11) is 0. The van der Waals surface area contributed by atoms with Gasteiger partial charge in [0.1, 0.15) is 0 Å². The molecular weight excluding hydrogens is 240 g/mol. The predicted octanol–water partition coefficient (Wildman–Crippen LogP) is 3.40. The fraction of sp³-hybridized carbons (Fsp3) is 0.500. The molecule has 1 aromatic rings. The molecule has 14 heavy (non-hydrogen) atoms. The summed E-state index contributed by atoms with van der Waals surface area (Å²) in [5, 5.41) is 9.63. The number of hydrogen-bond donors (Lipinski definition) is 1. The molecule has 0 saturated heterocycles. The van der Waals surface area contributed by atoms with Gasteiger partial charge in [-0.3, -0.25) is 0 Å². The van der Waals surface area contributed by atoms with Crippen molar-refractivity contribution in [1.29, 1.82) is 0 Å². The minimum Gasteiger partial charge on any atom is -0.393 e. The van der Waals surface area contributed by atoms with Crippen LogP contribution in [-0.2, 0) is 6.42 Å². The van der Waals surface area contributed by atoms with Gasteiger partial charge in [0.15, 0.2) is 0 Å². The van der Waals surface area contributed by atoms with E-state index in [4.69, 9.17) is 0 Å². The average Bonchev–Trinajstić information content (AvgIpc) is 2.20. The highest BCUT2D eigenvalue weighted by atomic mass is 79.9. The smallest absolute Gasteiger partial charge is 0.0566 e. The molecule has 78 valence electrons. The van der Waals surface area contributed by atoms with Crippen molar-refractivity contribution < 1.29 is 5.11 Å². The number of rotatable bonds is 4. The van der Waals surface area contributed by atoms with Crippen LogP contribution in [0.15, 0.2) is 28.7 Å². The molecule has 1 aromatic carbocycles. The first kappa shape index (κ1) is 11.7. The van der Waals surface area contributed by atoms with E-state index in [1.807, 2.05) is 19.1 Å². The molecule has 2 unspecified atom stereocenters. The summed E-state index contributed by atoms with van der Waals surface area (Å²) in [5.74, 6) is 0.334. The van der Waals surface area contributed by atoms with E-state index in [-0.39, 0.29) is 6.10 Å². The quantitative estimate of drug-likeness (QED) is 0.876. The number of aliphatic hydroxyl groups excluding tert-OH is 1. The van der Waals surface area contributed by atoms with Crippen LogP contribution in [0.5, 0.6) is 0 Å². The Morgan fingerprint density at radius 3 is 2.36 bits per heavy atom. The first-order valence-electron chi connectivity index (χ1n) is 5.06. The fourth-order valence-corrected chi connectivity index (χ4v) is 1.80. The van der Waals surface area contributed by atoms with Crippen LogP contribution < -0.4 is 0 Å². The molecule has 0 aromatic heterocycles. The zero-order valence-electron chi connectivity index (χ0n) is 8.70. The first-order chi connectivity index (χ1) is 6.63. The maximum Gasteiger partial charge on any atom is 0.0566 e. The van der Waals surface area contributed by atoms with Gasteiger partial charge >= 0.3 is 0 Å². The average molecular weight is 257 g/mol. The van der Waals surface area contributed by atoms with E-state index in [2.05, 4.69) is 35.0 Å². The van der Waals surface area contributed by atoms with Gasteiger partial charge in [0.25, 0.3) is 0 Å². The van der Waals surface area contributed by atoms with Gasteiger partial charge in [-0.15, -0.1) is 0 Å². The van der Waals surface area contributed by atoms with Crippen molar-refractivity contribution in [3.05, 3.63) is 34.3 Å². The summed E-state index contributed by atoms with van der Waals surface area (Å²) in [6, 6.07) is 8.28. The molecule has 1 nitrogen and oxygen atoms in total. The van der Waals surface area contributed by atoms with Crippen molar-refractivity contribution in [2.45, 2.75) is 32.8 Å². The van der Waals surface area contributed by atoms with E-state index in [9.17, 15) is 5.11 Å². The lowest BCUT2D eigenvalue weighted by molar-refractivity contribution is 0.113. The second-order valence-electron chi connectivity index (χ2n) is 3.78. The number of benzene rings is 1. The summed E-state index contributed by atoms with van der Waals surface area (Å²) in [6.07, 6.45) is 1.60. The molecule has 0 fully saturated rings. The molecule has 2 heteroatoms. The molecule has 0 amide bonds. The molecule has 0 heterocycles. The summed E-state index contributed by atoms with van der Waals surface area (Å²) >= 11 is 3.40. The Hall–Kier alpha value is -0.340. The normalized spacial score (nSPS) is 15.1. The lowest BCUT2D eigenvalue weighted by Crippen LogP contribution is -2.18. The molecule has 2 atom stereocenters. The van der Waals surface area contributed by atoms with Gasteiger partial charge in [0.05, 0.1) is 6.10 Å². The fourth-order valence-electron chi connectivity index (χ4n) is 1.53. The Morgan fingerprint density at radius 2 is 1.86 bits per heavy atom. The van der Waals surface area contributed by atoms with Gasteiger partial charge in [0, 0.05) is 4.47 Å². The maximum absolute atomic E-state index is 9.63. The van der Waals surface area contributed by atoms with E-state index in [1.54, 1.807) is 0 Å². The van der Waals surface area contributed by atoms with Crippen LogP contribution >= 0.6 is 15.9 Å². The number of aliphatic hydroxyl groups is 1. The van der Waals surface area contributed by atoms with Crippen molar-refractivity contribution in [2.75, 3.05) is 0 Å². The van der Waals surface area contributed by atoms with Crippen LogP contribution in [0.1, 0.15) is 25.8 Å². The third-order valence-corrected chi connectivity index (χ3v) is 3.07. The van der Waals surface area contributed by atoms with Crippen LogP contribution in [-0.4, -0.2) is 11.2 Å². The second-order valence-corrected chi connectivity index (χ2v) is 4.70. The van der Waals surface area contributed by atoms with Crippen LogP contribution in [0.4, 0.5) is 0 Å². The molecule has 0 radical (unpaired) electrons. The van der Waals surface area contributed by atoms with Gasteiger partial charge in [-0.2, -0.15) is 0 Å². The highest BCUT2D eigenvalue weighted by Crippen LogP contribution is 2.16. The standard InChI is InChI=1S/C12H17BrO/c1-3-12(14)9(2)8-10-4-6-11(13)7-5-10/h4-7,9,12,14H,3,8H2,1-2H3. The summed E-state index contributed by atoms with van der Waals surface area (Å²) in [6.45, 7) is 4.11. The van der Waals surface area contributed by atoms with Crippen LogP contribution in [0, 0.1) is 5.92 Å². The highest BCUT2D eigenvalue weighted by Gasteiger charge is 2.12. The summed E-state index contributed by atoms with van der Waals surface area (Å²) in [4.78, 5) is 0. The monoisotopic (exact) mass is 256 g/mol. The van der Waals surface area contributed by atoms with Gasteiger partial charge in [0.2, 0.25) is 0 Å². The zero-order valence-corrected chi connectivity index (χ0v) is 10.3. The van der Waals surface area contributed by atoms with Crippen molar-refractivity contribution in [3.8, 4) is 0 Å². The Morgan fingerprint density at radius 1 is 1.29 bits per heavy atom. The molecule has 0 aliphatic heterocycles. The third-order valence-electron chi connectivity index (χ3n) is 2.55. The largest absolute Gasteiger partial charge is 0.393 e. The molecule has 0 aliphatic rings. The topological polar surface area (TPSA) is 20.2 Å². The van der Waals surface area contributed by atoms with E-state index in [1.165, 1.54) is 5.56 Å². The van der Waals surface area contributed by atoms with E-state index in [0.29, 0.717) is 5.92 Å². The zero-order chi connectivity index (χ0) is 10.6. The number of halogens is 1. The highest BCUT2D eigenvalue weighted by molar-refractivity contribution is 9.10. The van der Waals surface area contributed by atoms with Gasteiger partial charge in [-0.1, -0.05) is 41.9 Å². The van der Waals surface area contributed by atoms with Crippen LogP contribution in [0.2, 0.25) is 0 Å². The Balaban J connectivity index is 2.56. The van der Waals surface area contributed by atoms with E-state index >= 15 is 0 Å². The Kier molecular flexibility index (Phi) is 4.63. The lowest BCUT2D eigenvalue weighted by Gasteiger charge is -2.16. The van der Waals surface area contributed by atoms with E-state index in [0.717, 1.165) is 17.3 Å².